The third-order valence-corrected chi connectivity index (χ3v) is 10.7. The van der Waals surface area contributed by atoms with Crippen molar-refractivity contribution < 1.29 is 63.7 Å². The van der Waals surface area contributed by atoms with Crippen molar-refractivity contribution >= 4 is 40.3 Å². The highest BCUT2D eigenvalue weighted by molar-refractivity contribution is 6.23. The van der Waals surface area contributed by atoms with E-state index in [2.05, 4.69) is 10.5 Å². The first kappa shape index (κ1) is 44.3. The number of methoxy groups -OCH3 is 1. The van der Waals surface area contributed by atoms with Crippen LogP contribution in [0, 0.1) is 30.6 Å². The number of aliphatic hydroxyl groups is 2. The van der Waals surface area contributed by atoms with Crippen molar-refractivity contribution in [3.8, 4) is 23.0 Å². The van der Waals surface area contributed by atoms with Crippen molar-refractivity contribution in [1.29, 1.82) is 0 Å². The summed E-state index contributed by atoms with van der Waals surface area (Å²) in [6, 6.07) is 0. The van der Waals surface area contributed by atoms with Gasteiger partial charge in [-0.3, -0.25) is 14.4 Å². The lowest BCUT2D eigenvalue weighted by atomic mass is 9.78. The van der Waals surface area contributed by atoms with Gasteiger partial charge in [-0.1, -0.05) is 57.2 Å². The molecule has 0 aliphatic carbocycles. The smallest absolute Gasteiger partial charge is 0.312 e. The average Bonchev–Trinajstić information content (AvgIpc) is 3.43. The number of aromatic hydroxyl groups is 3. The lowest BCUT2D eigenvalue weighted by Gasteiger charge is -2.38. The molecule has 9 atom stereocenters. The van der Waals surface area contributed by atoms with Gasteiger partial charge in [0.15, 0.2) is 5.75 Å². The van der Waals surface area contributed by atoms with Crippen LogP contribution >= 0.6 is 0 Å². The van der Waals surface area contributed by atoms with Gasteiger partial charge in [0.1, 0.15) is 30.0 Å². The summed E-state index contributed by atoms with van der Waals surface area (Å²) in [6.07, 6.45) is 7.87. The number of carbonyl (C=O) groups excluding carboxylic acids is 3. The molecule has 310 valence electrons. The molecule has 0 spiro atoms. The molecule has 15 heteroatoms. The molecule has 3 aliphatic rings. The highest BCUT2D eigenvalue weighted by Gasteiger charge is 2.50. The first-order valence-corrected chi connectivity index (χ1v) is 18.7. The maximum absolute atomic E-state index is 14.3. The largest absolute Gasteiger partial charge is 0.507 e. The van der Waals surface area contributed by atoms with E-state index in [0.717, 1.165) is 6.21 Å². The van der Waals surface area contributed by atoms with Gasteiger partial charge in [-0.2, -0.15) is 0 Å². The number of nitrogens with zero attached hydrogens (tertiary/aromatic N) is 1. The average molecular weight is 795 g/mol. The zero-order valence-corrected chi connectivity index (χ0v) is 33.9. The van der Waals surface area contributed by atoms with Crippen LogP contribution in [0.1, 0.15) is 76.9 Å². The Labute approximate surface area is 331 Å². The van der Waals surface area contributed by atoms with Gasteiger partial charge in [0.2, 0.25) is 0 Å². The van der Waals surface area contributed by atoms with Gasteiger partial charge in [-0.25, -0.2) is 0 Å². The number of aliphatic hydroxyl groups excluding tert-OH is 2. The van der Waals surface area contributed by atoms with Crippen molar-refractivity contribution in [3.63, 3.8) is 0 Å². The summed E-state index contributed by atoms with van der Waals surface area (Å²) in [4.78, 5) is 45.4. The number of phenols is 3. The first-order chi connectivity index (χ1) is 26.8. The van der Waals surface area contributed by atoms with E-state index in [1.807, 2.05) is 0 Å². The number of fused-ring (bicyclic) bond motifs is 14. The van der Waals surface area contributed by atoms with Crippen LogP contribution < -0.4 is 10.1 Å². The normalized spacial score (nSPS) is 30.3. The van der Waals surface area contributed by atoms with Crippen molar-refractivity contribution in [2.75, 3.05) is 19.0 Å². The quantitative estimate of drug-likeness (QED) is 0.0395. The molecule has 3 heterocycles. The van der Waals surface area contributed by atoms with Crippen LogP contribution in [0.2, 0.25) is 0 Å². The number of hydrogen-bond acceptors (Lipinski definition) is 14. The van der Waals surface area contributed by atoms with Crippen molar-refractivity contribution in [2.45, 2.75) is 92.5 Å². The van der Waals surface area contributed by atoms with Gasteiger partial charge in [-0.05, 0) is 32.9 Å². The summed E-state index contributed by atoms with van der Waals surface area (Å²) in [6.45, 7) is 14.2. The molecule has 0 aromatic heterocycles. The molecule has 0 fully saturated rings. The van der Waals surface area contributed by atoms with E-state index in [1.165, 1.54) is 53.2 Å². The summed E-state index contributed by atoms with van der Waals surface area (Å²) in [5.74, 6) is -8.67. The van der Waals surface area contributed by atoms with E-state index >= 15 is 0 Å². The van der Waals surface area contributed by atoms with E-state index in [0.29, 0.717) is 0 Å². The number of anilines is 1. The predicted octanol–water partition coefficient (Wildman–Crippen LogP) is 5.68. The fourth-order valence-electron chi connectivity index (χ4n) is 7.14. The maximum atomic E-state index is 14.3. The number of phenolic OH excluding ortho intramolecular Hbond substituents is 3. The molecule has 0 unspecified atom stereocenters. The van der Waals surface area contributed by atoms with Gasteiger partial charge >= 0.3 is 11.8 Å². The summed E-state index contributed by atoms with van der Waals surface area (Å²) in [5, 5.41) is 63.7. The van der Waals surface area contributed by atoms with Crippen LogP contribution in [0.25, 0.3) is 10.8 Å². The highest BCUT2D eigenvalue weighted by Crippen LogP contribution is 2.55. The Balaban J connectivity index is 1.97. The van der Waals surface area contributed by atoms with E-state index < -0.39 is 88.8 Å². The minimum absolute atomic E-state index is 0.0302. The van der Waals surface area contributed by atoms with Crippen molar-refractivity contribution in [1.82, 2.24) is 0 Å². The Morgan fingerprint density at radius 2 is 1.67 bits per heavy atom. The zero-order chi connectivity index (χ0) is 42.5. The number of rotatable bonds is 6. The SMILES string of the molecule is C/C=C/CO/N=C/c1c2c(O)c3c(O)c(C)c4c(c3c1O)C(=O)[C@@](C)(OC=C[C@H](OC)[C@@H](C)[C@@H](OC(C)=O)[C@H](C)[C@H](O)[C@H](C)[C@@H](O)[C@@H](C)/C=C\C=C(\C)C(=O)N2)O4. The molecule has 3 aliphatic heterocycles. The Hall–Kier alpha value is -5.38. The van der Waals surface area contributed by atoms with Crippen LogP contribution in [0.3, 0.4) is 0 Å². The number of nitrogens with one attached hydrogen (secondary N) is 1. The molecule has 5 rings (SSSR count). The molecule has 0 radical (unpaired) electrons. The van der Waals surface area contributed by atoms with E-state index in [-0.39, 0.29) is 51.1 Å². The van der Waals surface area contributed by atoms with Gasteiger partial charge in [-0.15, -0.1) is 0 Å². The molecular formula is C42H54N2O13. The van der Waals surface area contributed by atoms with Crippen LogP contribution in [-0.2, 0) is 28.6 Å². The number of hydrogen-bond donors (Lipinski definition) is 6. The second-order valence-electron chi connectivity index (χ2n) is 14.7. The number of esters is 1. The Morgan fingerprint density at radius 1 is 0.982 bits per heavy atom. The Morgan fingerprint density at radius 3 is 2.30 bits per heavy atom. The molecule has 2 aromatic rings. The first-order valence-electron chi connectivity index (χ1n) is 18.7. The third-order valence-electron chi connectivity index (χ3n) is 10.7. The second-order valence-corrected chi connectivity index (χ2v) is 14.7. The third kappa shape index (κ3) is 8.95. The maximum Gasteiger partial charge on any atom is 0.312 e. The number of benzene rings is 2. The van der Waals surface area contributed by atoms with Crippen LogP contribution in [0.4, 0.5) is 5.69 Å². The Bertz CT molecular complexity index is 2020. The molecule has 0 saturated heterocycles. The summed E-state index contributed by atoms with van der Waals surface area (Å²) in [7, 11) is 1.42. The van der Waals surface area contributed by atoms with Crippen molar-refractivity contribution in [3.05, 3.63) is 65.0 Å². The molecule has 2 aromatic carbocycles. The zero-order valence-electron chi connectivity index (χ0n) is 33.9. The number of carbonyl (C=O) groups is 3. The molecule has 57 heavy (non-hydrogen) atoms. The molecule has 6 N–H and O–H groups in total. The number of oxime groups is 1. The standard InChI is InChI=1S/C42H54N2O13/c1-11-12-17-55-43-19-27-32-37(50)30-29(36(27)49)31-39(25(7)35(30)48)57-42(9,40(31)51)54-18-16-28(53-10)22(4)38(56-26(8)45)24(6)34(47)23(5)33(46)20(2)14-13-15-21(3)41(52)44-32/h11-16,18-20,22-24,28,33-34,38,46-50H,17H2,1-10H3,(H,44,52)/b12-11+,14-13-,18-16?,21-15-,43-19+/t20-,22+,23+,24+,28-,33-,34+,38+,42-/m0/s1. The lowest BCUT2D eigenvalue weighted by molar-refractivity contribution is -0.160. The predicted molar refractivity (Wildman–Crippen MR) is 212 cm³/mol. The topological polar surface area (TPSA) is 223 Å². The molecule has 15 nitrogen and oxygen atoms in total. The van der Waals surface area contributed by atoms with Gasteiger partial charge in [0, 0.05) is 61.2 Å². The molecular weight excluding hydrogens is 740 g/mol. The number of allylic oxidation sites excluding steroid dienone is 3. The molecule has 1 amide bonds. The second kappa shape index (κ2) is 18.3. The molecule has 5 bridgehead atoms. The van der Waals surface area contributed by atoms with Crippen molar-refractivity contribution in [2.24, 2.45) is 28.8 Å². The number of amides is 1. The summed E-state index contributed by atoms with van der Waals surface area (Å²) in [5.41, 5.74) is -0.647. The van der Waals surface area contributed by atoms with Crippen LogP contribution in [0.15, 0.2) is 53.4 Å². The van der Waals surface area contributed by atoms with Crippen LogP contribution in [-0.4, -0.2) is 93.3 Å². The highest BCUT2D eigenvalue weighted by atomic mass is 16.7. The van der Waals surface area contributed by atoms with Gasteiger partial charge < -0.3 is 54.6 Å². The van der Waals surface area contributed by atoms with E-state index in [4.69, 9.17) is 23.8 Å². The van der Waals surface area contributed by atoms with E-state index in [9.17, 15) is 39.9 Å². The minimum Gasteiger partial charge on any atom is -0.507 e. The van der Waals surface area contributed by atoms with Crippen LogP contribution in [0.5, 0.6) is 23.0 Å². The number of Topliss-reactive ketones (excluding diaryl/α,β-unsaturated/α-hetero) is 1. The van der Waals surface area contributed by atoms with E-state index in [1.54, 1.807) is 58.9 Å². The summed E-state index contributed by atoms with van der Waals surface area (Å²) < 4.78 is 23.4. The van der Waals surface area contributed by atoms with Gasteiger partial charge in [0.25, 0.3) is 11.7 Å². The number of ketones is 1. The Kier molecular flexibility index (Phi) is 14.2. The summed E-state index contributed by atoms with van der Waals surface area (Å²) >= 11 is 0. The monoisotopic (exact) mass is 794 g/mol. The fraction of sp³-hybridized carbons (Fsp3) is 0.476. The van der Waals surface area contributed by atoms with Gasteiger partial charge in [0.05, 0.1) is 53.0 Å². The molecule has 0 saturated carbocycles. The fourth-order valence-corrected chi connectivity index (χ4v) is 7.14. The minimum atomic E-state index is -2.06. The lowest BCUT2D eigenvalue weighted by Crippen LogP contribution is -2.46. The number of ether oxygens (including phenoxy) is 4.